The number of anilines is 2. The zero-order valence-corrected chi connectivity index (χ0v) is 14.7. The number of nitrogens with one attached hydrogen (secondary N) is 1. The molecule has 0 bridgehead atoms. The number of halogens is 2. The molecule has 2 aliphatic rings. The molecule has 2 fully saturated rings. The maximum Gasteiger partial charge on any atom is 0.329 e. The van der Waals surface area contributed by atoms with Gasteiger partial charge in [0.05, 0.1) is 24.8 Å². The second-order valence-electron chi connectivity index (χ2n) is 7.06. The van der Waals surface area contributed by atoms with E-state index in [1.807, 2.05) is 0 Å². The summed E-state index contributed by atoms with van der Waals surface area (Å²) in [4.78, 5) is 28.3. The van der Waals surface area contributed by atoms with Crippen LogP contribution in [0.5, 0.6) is 5.75 Å². The summed E-state index contributed by atoms with van der Waals surface area (Å²) in [7, 11) is 1.29. The van der Waals surface area contributed by atoms with E-state index in [0.717, 1.165) is 12.8 Å². The van der Waals surface area contributed by atoms with Gasteiger partial charge in [-0.3, -0.25) is 14.3 Å². The lowest BCUT2D eigenvalue weighted by atomic mass is 10.1. The second kappa shape index (κ2) is 6.22. The largest absolute Gasteiger partial charge is 0.492 e. The van der Waals surface area contributed by atoms with Gasteiger partial charge in [-0.15, -0.1) is 0 Å². The molecule has 2 heterocycles. The summed E-state index contributed by atoms with van der Waals surface area (Å²) < 4.78 is 36.1. The molecule has 10 heteroatoms. The van der Waals surface area contributed by atoms with Gasteiger partial charge in [0.25, 0.3) is 5.56 Å². The highest BCUT2D eigenvalue weighted by Crippen LogP contribution is 2.45. The number of ether oxygens (including phenoxy) is 1. The zero-order chi connectivity index (χ0) is 19.5. The van der Waals surface area contributed by atoms with Crippen LogP contribution in [0.4, 0.5) is 20.2 Å². The number of benzene rings is 1. The summed E-state index contributed by atoms with van der Waals surface area (Å²) in [6.07, 6.45) is 0.125. The van der Waals surface area contributed by atoms with Gasteiger partial charge < -0.3 is 20.5 Å². The highest BCUT2D eigenvalue weighted by atomic mass is 19.1. The summed E-state index contributed by atoms with van der Waals surface area (Å²) >= 11 is 0. The topological polar surface area (TPSA) is 114 Å². The van der Waals surface area contributed by atoms with Crippen molar-refractivity contribution in [3.05, 3.63) is 26.7 Å². The number of aliphatic hydroxyl groups excluding tert-OH is 1. The van der Waals surface area contributed by atoms with Gasteiger partial charge in [-0.1, -0.05) is 0 Å². The number of nitrogen functional groups attached to an aromatic ring is 1. The van der Waals surface area contributed by atoms with Crippen LogP contribution in [0, 0.1) is 11.7 Å². The minimum absolute atomic E-state index is 0.0300. The van der Waals surface area contributed by atoms with Crippen LogP contribution in [0.2, 0.25) is 0 Å². The number of methoxy groups -OCH3 is 1. The van der Waals surface area contributed by atoms with Crippen molar-refractivity contribution in [1.29, 1.82) is 0 Å². The maximum atomic E-state index is 15.1. The fourth-order valence-corrected chi connectivity index (χ4v) is 3.81. The van der Waals surface area contributed by atoms with E-state index in [2.05, 4.69) is 4.98 Å². The van der Waals surface area contributed by atoms with E-state index in [9.17, 15) is 19.1 Å². The molecular weight excluding hydrogens is 362 g/mol. The third-order valence-corrected chi connectivity index (χ3v) is 5.32. The van der Waals surface area contributed by atoms with Crippen molar-refractivity contribution in [1.82, 2.24) is 9.55 Å². The monoisotopic (exact) mass is 382 g/mol. The Labute approximate surface area is 152 Å². The van der Waals surface area contributed by atoms with Crippen molar-refractivity contribution < 1.29 is 18.6 Å². The molecule has 1 aromatic carbocycles. The van der Waals surface area contributed by atoms with Crippen LogP contribution < -0.4 is 26.6 Å². The van der Waals surface area contributed by atoms with Crippen molar-refractivity contribution in [3.8, 4) is 5.75 Å². The first kappa shape index (κ1) is 17.8. The van der Waals surface area contributed by atoms with Crippen molar-refractivity contribution in [2.75, 3.05) is 37.4 Å². The SMILES string of the molecule is COc1c(N2CC(F)C(CO)C2)c(F)c(N)c2c(=O)[nH]c(=O)n(C3CC3)c12. The number of fused-ring (bicyclic) bond motifs is 1. The van der Waals surface area contributed by atoms with Gasteiger partial charge in [-0.05, 0) is 12.8 Å². The lowest BCUT2D eigenvalue weighted by Crippen LogP contribution is -2.32. The molecule has 4 N–H and O–H groups in total. The van der Waals surface area contributed by atoms with Gasteiger partial charge in [-0.2, -0.15) is 0 Å². The minimum atomic E-state index is -1.35. The molecule has 27 heavy (non-hydrogen) atoms. The molecule has 8 nitrogen and oxygen atoms in total. The molecule has 2 aromatic rings. The van der Waals surface area contributed by atoms with Crippen molar-refractivity contribution in [2.24, 2.45) is 5.92 Å². The Hall–Kier alpha value is -2.62. The number of aromatic amines is 1. The standard InChI is InChI=1S/C17H20F2N4O4/c1-27-15-13-10(16(25)21-17(26)23(13)8-2-3-8)12(20)11(19)14(15)22-4-7(6-24)9(18)5-22/h7-9,24H,2-6,20H2,1H3,(H,21,25,26). The number of nitrogens with zero attached hydrogens (tertiary/aromatic N) is 2. The molecule has 1 saturated carbocycles. The minimum Gasteiger partial charge on any atom is -0.492 e. The van der Waals surface area contributed by atoms with E-state index in [4.69, 9.17) is 10.5 Å². The van der Waals surface area contributed by atoms with Crippen molar-refractivity contribution in [2.45, 2.75) is 25.1 Å². The molecule has 1 aliphatic carbocycles. The van der Waals surface area contributed by atoms with E-state index in [-0.39, 0.29) is 48.1 Å². The number of alkyl halides is 1. The van der Waals surface area contributed by atoms with Crippen LogP contribution in [0.3, 0.4) is 0 Å². The zero-order valence-electron chi connectivity index (χ0n) is 14.7. The first-order valence-corrected chi connectivity index (χ1v) is 8.72. The highest BCUT2D eigenvalue weighted by Gasteiger charge is 2.38. The van der Waals surface area contributed by atoms with Crippen LogP contribution in [0.1, 0.15) is 18.9 Å². The van der Waals surface area contributed by atoms with E-state index in [0.29, 0.717) is 0 Å². The van der Waals surface area contributed by atoms with Crippen LogP contribution in [0.25, 0.3) is 10.9 Å². The molecular formula is C17H20F2N4O4. The van der Waals surface area contributed by atoms with Crippen molar-refractivity contribution in [3.63, 3.8) is 0 Å². The number of H-pyrrole nitrogens is 1. The highest BCUT2D eigenvalue weighted by molar-refractivity contribution is 5.99. The Morgan fingerprint density at radius 1 is 1.33 bits per heavy atom. The summed E-state index contributed by atoms with van der Waals surface area (Å²) in [5.74, 6) is -1.61. The fraction of sp³-hybridized carbons (Fsp3) is 0.529. The van der Waals surface area contributed by atoms with E-state index in [1.54, 1.807) is 0 Å². The first-order valence-electron chi connectivity index (χ1n) is 8.72. The Bertz CT molecular complexity index is 1030. The fourth-order valence-electron chi connectivity index (χ4n) is 3.81. The summed E-state index contributed by atoms with van der Waals surface area (Å²) in [6.45, 7) is -0.468. The number of aromatic nitrogens is 2. The van der Waals surface area contributed by atoms with Crippen LogP contribution in [-0.4, -0.2) is 47.6 Å². The molecule has 0 radical (unpaired) electrons. The van der Waals surface area contributed by atoms with Gasteiger partial charge in [0.1, 0.15) is 17.4 Å². The average Bonchev–Trinajstić information content (AvgIpc) is 3.39. The van der Waals surface area contributed by atoms with E-state index in [1.165, 1.54) is 16.6 Å². The number of aliphatic hydroxyl groups is 1. The summed E-state index contributed by atoms with van der Waals surface area (Å²) in [5.41, 5.74) is 4.10. The maximum absolute atomic E-state index is 15.1. The molecule has 2 unspecified atom stereocenters. The third-order valence-electron chi connectivity index (χ3n) is 5.32. The lowest BCUT2D eigenvalue weighted by molar-refractivity contribution is 0.175. The molecule has 1 saturated heterocycles. The van der Waals surface area contributed by atoms with Crippen LogP contribution >= 0.6 is 0 Å². The Morgan fingerprint density at radius 3 is 2.59 bits per heavy atom. The quantitative estimate of drug-likeness (QED) is 0.665. The van der Waals surface area contributed by atoms with Gasteiger partial charge in [0, 0.05) is 25.0 Å². The van der Waals surface area contributed by atoms with E-state index >= 15 is 4.39 Å². The van der Waals surface area contributed by atoms with E-state index < -0.39 is 34.8 Å². The summed E-state index contributed by atoms with van der Waals surface area (Å²) in [6, 6.07) is -0.138. The predicted octanol–water partition coefficient (Wildman–Crippen LogP) is 0.521. The third kappa shape index (κ3) is 2.58. The Morgan fingerprint density at radius 2 is 2.04 bits per heavy atom. The Balaban J connectivity index is 2.06. The second-order valence-corrected chi connectivity index (χ2v) is 7.06. The van der Waals surface area contributed by atoms with Gasteiger partial charge >= 0.3 is 5.69 Å². The molecule has 1 aromatic heterocycles. The number of hydrogen-bond acceptors (Lipinski definition) is 6. The molecule has 2 atom stereocenters. The Kier molecular flexibility index (Phi) is 4.10. The smallest absolute Gasteiger partial charge is 0.329 e. The normalized spacial score (nSPS) is 22.6. The van der Waals surface area contributed by atoms with Crippen LogP contribution in [0.15, 0.2) is 9.59 Å². The molecule has 0 amide bonds. The summed E-state index contributed by atoms with van der Waals surface area (Å²) in [5, 5.41) is 9.16. The number of rotatable bonds is 4. The number of nitrogens with two attached hydrogens (primary N) is 1. The first-order chi connectivity index (χ1) is 12.9. The van der Waals surface area contributed by atoms with Crippen molar-refractivity contribution >= 4 is 22.3 Å². The number of hydrogen-bond donors (Lipinski definition) is 3. The molecule has 0 spiro atoms. The van der Waals surface area contributed by atoms with Gasteiger partial charge in [-0.25, -0.2) is 13.6 Å². The average molecular weight is 382 g/mol. The molecule has 4 rings (SSSR count). The predicted molar refractivity (Wildman–Crippen MR) is 95.7 cm³/mol. The molecule has 1 aliphatic heterocycles. The molecule has 146 valence electrons. The lowest BCUT2D eigenvalue weighted by Gasteiger charge is -2.25. The van der Waals surface area contributed by atoms with Crippen LogP contribution in [-0.2, 0) is 0 Å². The van der Waals surface area contributed by atoms with Gasteiger partial charge in [0.15, 0.2) is 11.6 Å². The van der Waals surface area contributed by atoms with Gasteiger partial charge in [0.2, 0.25) is 0 Å².